The third-order valence-electron chi connectivity index (χ3n) is 4.66. The Kier molecular flexibility index (Phi) is 6.74. The molecule has 2 aromatic carbocycles. The molecule has 0 aliphatic carbocycles. The summed E-state index contributed by atoms with van der Waals surface area (Å²) in [7, 11) is 3.16. The number of ether oxygens (including phenoxy) is 3. The van der Waals surface area contributed by atoms with E-state index in [2.05, 4.69) is 15.9 Å². The fourth-order valence-corrected chi connectivity index (χ4v) is 3.43. The minimum Gasteiger partial charge on any atom is -0.497 e. The topological polar surface area (TPSA) is 48.0 Å². The van der Waals surface area contributed by atoms with E-state index in [0.717, 1.165) is 29.4 Å². The molecule has 1 heterocycles. The van der Waals surface area contributed by atoms with Crippen molar-refractivity contribution in [3.8, 4) is 11.5 Å². The van der Waals surface area contributed by atoms with Gasteiger partial charge >= 0.3 is 0 Å². The molecular weight excluding hydrogens is 410 g/mol. The van der Waals surface area contributed by atoms with Gasteiger partial charge in [-0.25, -0.2) is 0 Å². The van der Waals surface area contributed by atoms with Crippen molar-refractivity contribution >= 4 is 21.8 Å². The van der Waals surface area contributed by atoms with Crippen LogP contribution < -0.4 is 9.47 Å². The van der Waals surface area contributed by atoms with Crippen molar-refractivity contribution in [1.82, 2.24) is 4.90 Å². The number of piperidine rings is 1. The molecule has 27 heavy (non-hydrogen) atoms. The Morgan fingerprint density at radius 3 is 2.41 bits per heavy atom. The van der Waals surface area contributed by atoms with Gasteiger partial charge in [-0.2, -0.15) is 0 Å². The minimum atomic E-state index is -0.0239. The first-order chi connectivity index (χ1) is 13.1. The normalized spacial score (nSPS) is 16.9. The minimum absolute atomic E-state index is 0.0239. The van der Waals surface area contributed by atoms with Gasteiger partial charge in [-0.1, -0.05) is 28.1 Å². The number of hydrogen-bond donors (Lipinski definition) is 0. The molecule has 1 aliphatic rings. The Balaban J connectivity index is 1.63. The maximum Gasteiger partial charge on any atom is 0.254 e. The highest BCUT2D eigenvalue weighted by Crippen LogP contribution is 2.25. The van der Waals surface area contributed by atoms with E-state index in [1.807, 2.05) is 29.2 Å². The number of hydrogen-bond acceptors (Lipinski definition) is 4. The zero-order chi connectivity index (χ0) is 19.2. The maximum absolute atomic E-state index is 12.9. The number of methoxy groups -OCH3 is 2. The number of likely N-dealkylation sites (tertiary alicyclic amines) is 1. The Hall–Kier alpha value is -2.05. The Bertz CT molecular complexity index is 756. The van der Waals surface area contributed by atoms with Crippen LogP contribution in [0.15, 0.2) is 46.9 Å². The lowest BCUT2D eigenvalue weighted by Crippen LogP contribution is -2.43. The third-order valence-corrected chi connectivity index (χ3v) is 5.19. The second kappa shape index (κ2) is 9.24. The van der Waals surface area contributed by atoms with Crippen molar-refractivity contribution in [2.75, 3.05) is 27.3 Å². The highest BCUT2D eigenvalue weighted by molar-refractivity contribution is 9.10. The summed E-state index contributed by atoms with van der Waals surface area (Å²) < 4.78 is 17.7. The lowest BCUT2D eigenvalue weighted by atomic mass is 10.1. The van der Waals surface area contributed by atoms with E-state index < -0.39 is 0 Å². The second-order valence-corrected chi connectivity index (χ2v) is 7.47. The number of nitrogens with zero attached hydrogens (tertiary/aromatic N) is 1. The molecule has 0 N–H and O–H groups in total. The molecule has 144 valence electrons. The number of benzene rings is 2. The molecule has 0 spiro atoms. The summed E-state index contributed by atoms with van der Waals surface area (Å²) in [6.07, 6.45) is 1.93. The summed E-state index contributed by atoms with van der Waals surface area (Å²) in [5.41, 5.74) is 1.69. The van der Waals surface area contributed by atoms with Crippen molar-refractivity contribution in [2.24, 2.45) is 0 Å². The summed E-state index contributed by atoms with van der Waals surface area (Å²) >= 11 is 3.44. The van der Waals surface area contributed by atoms with Crippen LogP contribution in [0.25, 0.3) is 0 Å². The Morgan fingerprint density at radius 2 is 1.78 bits per heavy atom. The molecule has 3 rings (SSSR count). The van der Waals surface area contributed by atoms with Gasteiger partial charge in [0.25, 0.3) is 5.91 Å². The maximum atomic E-state index is 12.9. The zero-order valence-corrected chi connectivity index (χ0v) is 17.2. The molecule has 5 nitrogen and oxygen atoms in total. The van der Waals surface area contributed by atoms with Gasteiger partial charge in [-0.3, -0.25) is 4.79 Å². The average molecular weight is 434 g/mol. The quantitative estimate of drug-likeness (QED) is 0.681. The summed E-state index contributed by atoms with van der Waals surface area (Å²) in [6, 6.07) is 13.3. The largest absolute Gasteiger partial charge is 0.497 e. The van der Waals surface area contributed by atoms with E-state index in [4.69, 9.17) is 14.2 Å². The molecule has 1 amide bonds. The van der Waals surface area contributed by atoms with Crippen LogP contribution in [-0.2, 0) is 11.3 Å². The van der Waals surface area contributed by atoms with Crippen LogP contribution in [0.3, 0.4) is 0 Å². The van der Waals surface area contributed by atoms with E-state index in [1.165, 1.54) is 0 Å². The fraction of sp³-hybridized carbons (Fsp3) is 0.381. The Labute approximate surface area is 168 Å². The highest BCUT2D eigenvalue weighted by Gasteiger charge is 2.25. The SMILES string of the molecule is COc1cc(OC)cc(C(=O)N2CCCC(OCc3ccc(Br)cc3)C2)c1. The lowest BCUT2D eigenvalue weighted by Gasteiger charge is -2.33. The molecule has 2 aromatic rings. The standard InChI is InChI=1S/C21H24BrNO4/c1-25-19-10-16(11-20(12-19)26-2)21(24)23-9-3-4-18(13-23)27-14-15-5-7-17(22)8-6-15/h5-8,10-12,18H,3-4,9,13-14H2,1-2H3. The van der Waals surface area contributed by atoms with Gasteiger partial charge in [-0.15, -0.1) is 0 Å². The van der Waals surface area contributed by atoms with E-state index in [-0.39, 0.29) is 12.0 Å². The molecule has 0 aromatic heterocycles. The number of rotatable bonds is 6. The fourth-order valence-electron chi connectivity index (χ4n) is 3.17. The molecule has 0 bridgehead atoms. The monoisotopic (exact) mass is 433 g/mol. The van der Waals surface area contributed by atoms with Gasteiger partial charge in [0.2, 0.25) is 0 Å². The van der Waals surface area contributed by atoms with Crippen LogP contribution in [0.2, 0.25) is 0 Å². The zero-order valence-electron chi connectivity index (χ0n) is 15.6. The van der Waals surface area contributed by atoms with Crippen molar-refractivity contribution < 1.29 is 19.0 Å². The van der Waals surface area contributed by atoms with Gasteiger partial charge in [0, 0.05) is 29.2 Å². The van der Waals surface area contributed by atoms with Gasteiger partial charge < -0.3 is 19.1 Å². The molecule has 1 unspecified atom stereocenters. The van der Waals surface area contributed by atoms with Gasteiger partial charge in [0.05, 0.1) is 26.9 Å². The predicted octanol–water partition coefficient (Wildman–Crippen LogP) is 4.29. The molecular formula is C21H24BrNO4. The van der Waals surface area contributed by atoms with E-state index in [1.54, 1.807) is 32.4 Å². The smallest absolute Gasteiger partial charge is 0.254 e. The third kappa shape index (κ3) is 5.23. The van der Waals surface area contributed by atoms with Crippen LogP contribution in [0.4, 0.5) is 0 Å². The van der Waals surface area contributed by atoms with Crippen molar-refractivity contribution in [3.63, 3.8) is 0 Å². The number of carbonyl (C=O) groups is 1. The van der Waals surface area contributed by atoms with Gasteiger partial charge in [-0.05, 0) is 42.7 Å². The molecule has 1 saturated heterocycles. The van der Waals surface area contributed by atoms with E-state index in [0.29, 0.717) is 30.2 Å². The number of carbonyl (C=O) groups excluding carboxylic acids is 1. The van der Waals surface area contributed by atoms with Crippen LogP contribution in [0, 0.1) is 0 Å². The first-order valence-electron chi connectivity index (χ1n) is 8.97. The first kappa shape index (κ1) is 19.7. The van der Waals surface area contributed by atoms with Gasteiger partial charge in [0.1, 0.15) is 11.5 Å². The molecule has 1 fully saturated rings. The summed E-state index contributed by atoms with van der Waals surface area (Å²) in [5, 5.41) is 0. The van der Waals surface area contributed by atoms with Crippen LogP contribution in [0.1, 0.15) is 28.8 Å². The Morgan fingerprint density at radius 1 is 1.11 bits per heavy atom. The highest BCUT2D eigenvalue weighted by atomic mass is 79.9. The molecule has 0 radical (unpaired) electrons. The summed E-state index contributed by atoms with van der Waals surface area (Å²) in [6.45, 7) is 1.87. The average Bonchev–Trinajstić information content (AvgIpc) is 2.72. The van der Waals surface area contributed by atoms with E-state index >= 15 is 0 Å². The second-order valence-electron chi connectivity index (χ2n) is 6.55. The molecule has 1 atom stereocenters. The summed E-state index contributed by atoms with van der Waals surface area (Å²) in [5.74, 6) is 1.19. The van der Waals surface area contributed by atoms with Gasteiger partial charge in [0.15, 0.2) is 0 Å². The van der Waals surface area contributed by atoms with Crippen LogP contribution in [-0.4, -0.2) is 44.2 Å². The number of amides is 1. The van der Waals surface area contributed by atoms with Crippen molar-refractivity contribution in [1.29, 1.82) is 0 Å². The molecule has 6 heteroatoms. The predicted molar refractivity (Wildman–Crippen MR) is 107 cm³/mol. The van der Waals surface area contributed by atoms with Crippen LogP contribution >= 0.6 is 15.9 Å². The lowest BCUT2D eigenvalue weighted by molar-refractivity contribution is -0.00674. The first-order valence-corrected chi connectivity index (χ1v) is 9.76. The summed E-state index contributed by atoms with van der Waals surface area (Å²) in [4.78, 5) is 14.8. The molecule has 1 aliphatic heterocycles. The number of halogens is 1. The van der Waals surface area contributed by atoms with Crippen molar-refractivity contribution in [2.45, 2.75) is 25.6 Å². The van der Waals surface area contributed by atoms with Crippen molar-refractivity contribution in [3.05, 3.63) is 58.1 Å². The van der Waals surface area contributed by atoms with E-state index in [9.17, 15) is 4.79 Å². The van der Waals surface area contributed by atoms with Crippen LogP contribution in [0.5, 0.6) is 11.5 Å². The molecule has 0 saturated carbocycles.